The molecule has 1 heterocycles. The van der Waals surface area contributed by atoms with Gasteiger partial charge in [-0.2, -0.15) is 4.57 Å². The summed E-state index contributed by atoms with van der Waals surface area (Å²) in [5.41, 5.74) is 9.40. The van der Waals surface area contributed by atoms with Crippen LogP contribution in [0.25, 0.3) is 10.9 Å². The predicted octanol–water partition coefficient (Wildman–Crippen LogP) is -0.178. The molecule has 0 atom stereocenters. The summed E-state index contributed by atoms with van der Waals surface area (Å²) in [5.74, 6) is 0. The van der Waals surface area contributed by atoms with Gasteiger partial charge in [-0.15, -0.1) is 0 Å². The summed E-state index contributed by atoms with van der Waals surface area (Å²) in [6.07, 6.45) is 2.42. The van der Waals surface area contributed by atoms with Gasteiger partial charge in [0.25, 0.3) is 0 Å². The van der Waals surface area contributed by atoms with Crippen molar-refractivity contribution in [3.8, 4) is 0 Å². The molecule has 0 saturated carbocycles. The molecule has 2 rings (SSSR count). The van der Waals surface area contributed by atoms with Crippen LogP contribution in [0.1, 0.15) is 25.5 Å². The van der Waals surface area contributed by atoms with E-state index in [1.54, 1.807) is 0 Å². The number of pyridine rings is 1. The Labute approximate surface area is 113 Å². The molecular formula is C14H19BrN2. The lowest BCUT2D eigenvalue weighted by Gasteiger charge is -2.06. The molecule has 17 heavy (non-hydrogen) atoms. The number of halogens is 1. The Balaban J connectivity index is 0.00000144. The fourth-order valence-corrected chi connectivity index (χ4v) is 2.14. The van der Waals surface area contributed by atoms with Gasteiger partial charge in [-0.25, -0.2) is 0 Å². The predicted molar refractivity (Wildman–Crippen MR) is 68.2 cm³/mol. The number of anilines is 1. The second kappa shape index (κ2) is 6.01. The summed E-state index contributed by atoms with van der Waals surface area (Å²) in [7, 11) is 0. The van der Waals surface area contributed by atoms with Crippen LogP contribution >= 0.6 is 0 Å². The molecule has 1 aromatic heterocycles. The van der Waals surface area contributed by atoms with Crippen molar-refractivity contribution in [3.05, 3.63) is 36.0 Å². The quantitative estimate of drug-likeness (QED) is 0.783. The number of para-hydroxylation sites is 1. The number of fused-ring (bicyclic) bond motifs is 1. The average molecular weight is 295 g/mol. The first-order chi connectivity index (χ1) is 7.74. The van der Waals surface area contributed by atoms with E-state index < -0.39 is 0 Å². The summed E-state index contributed by atoms with van der Waals surface area (Å²) in [5, 5.41) is 1.16. The number of unbranched alkanes of at least 4 members (excludes halogenated alkanes) is 1. The Hall–Kier alpha value is -1.09. The SMILES string of the molecule is CCCC[n+]1c(C)cc(N)c2ccccc21.[Br-]. The number of hydrogen-bond donors (Lipinski definition) is 1. The first kappa shape index (κ1) is 14.0. The highest BCUT2D eigenvalue weighted by Gasteiger charge is 2.13. The number of aromatic nitrogens is 1. The number of hydrogen-bond acceptors (Lipinski definition) is 1. The minimum absolute atomic E-state index is 0. The van der Waals surface area contributed by atoms with Gasteiger partial charge < -0.3 is 22.7 Å². The Morgan fingerprint density at radius 2 is 1.94 bits per heavy atom. The second-order valence-corrected chi connectivity index (χ2v) is 4.26. The van der Waals surface area contributed by atoms with Crippen LogP contribution in [0.2, 0.25) is 0 Å². The van der Waals surface area contributed by atoms with E-state index >= 15 is 0 Å². The third-order valence-corrected chi connectivity index (χ3v) is 3.03. The monoisotopic (exact) mass is 294 g/mol. The normalized spacial score (nSPS) is 10.2. The Morgan fingerprint density at radius 3 is 2.65 bits per heavy atom. The number of nitrogens with zero attached hydrogens (tertiary/aromatic N) is 1. The summed E-state index contributed by atoms with van der Waals surface area (Å²) >= 11 is 0. The highest BCUT2D eigenvalue weighted by atomic mass is 79.9. The highest BCUT2D eigenvalue weighted by molar-refractivity contribution is 5.87. The summed E-state index contributed by atoms with van der Waals surface area (Å²) in [4.78, 5) is 0. The Morgan fingerprint density at radius 1 is 1.24 bits per heavy atom. The molecule has 0 spiro atoms. The molecule has 0 aliphatic rings. The standard InChI is InChI=1S/C14H18N2.BrH/c1-3-4-9-16-11(2)10-13(15)12-7-5-6-8-14(12)16;/h5-8,10,15H,3-4,9H2,1-2H3;1H. The van der Waals surface area contributed by atoms with Gasteiger partial charge >= 0.3 is 0 Å². The van der Waals surface area contributed by atoms with Crippen LogP contribution in [0.15, 0.2) is 30.3 Å². The van der Waals surface area contributed by atoms with Crippen molar-refractivity contribution >= 4 is 16.6 Å². The van der Waals surface area contributed by atoms with Crippen molar-refractivity contribution in [2.24, 2.45) is 0 Å². The lowest BCUT2D eigenvalue weighted by Crippen LogP contribution is -3.00. The smallest absolute Gasteiger partial charge is 0.214 e. The van der Waals surface area contributed by atoms with Gasteiger partial charge in [-0.05, 0) is 6.07 Å². The molecule has 2 aromatic rings. The summed E-state index contributed by atoms with van der Waals surface area (Å²) in [6, 6.07) is 10.4. The number of benzene rings is 1. The molecule has 0 radical (unpaired) electrons. The zero-order valence-corrected chi connectivity index (χ0v) is 12.0. The fraction of sp³-hybridized carbons (Fsp3) is 0.357. The lowest BCUT2D eigenvalue weighted by atomic mass is 10.1. The maximum Gasteiger partial charge on any atom is 0.214 e. The minimum atomic E-state index is 0. The van der Waals surface area contributed by atoms with Crippen LogP contribution in [0, 0.1) is 6.92 Å². The highest BCUT2D eigenvalue weighted by Crippen LogP contribution is 2.18. The third kappa shape index (κ3) is 2.78. The molecule has 3 heteroatoms. The molecule has 0 aliphatic carbocycles. The van der Waals surface area contributed by atoms with Gasteiger partial charge in [-0.3, -0.25) is 0 Å². The molecule has 0 unspecified atom stereocenters. The maximum absolute atomic E-state index is 6.04. The van der Waals surface area contributed by atoms with Crippen molar-refractivity contribution in [2.75, 3.05) is 5.73 Å². The van der Waals surface area contributed by atoms with Gasteiger partial charge in [0.1, 0.15) is 6.54 Å². The van der Waals surface area contributed by atoms with Crippen molar-refractivity contribution in [1.82, 2.24) is 0 Å². The van der Waals surface area contributed by atoms with Crippen LogP contribution in [0.4, 0.5) is 5.69 Å². The topological polar surface area (TPSA) is 29.9 Å². The Kier molecular flexibility index (Phi) is 4.94. The van der Waals surface area contributed by atoms with Gasteiger partial charge in [0.15, 0.2) is 5.69 Å². The van der Waals surface area contributed by atoms with Crippen LogP contribution in [0.5, 0.6) is 0 Å². The summed E-state index contributed by atoms with van der Waals surface area (Å²) in [6.45, 7) is 5.41. The minimum Gasteiger partial charge on any atom is -1.00 e. The van der Waals surface area contributed by atoms with E-state index in [1.165, 1.54) is 24.1 Å². The molecule has 92 valence electrons. The van der Waals surface area contributed by atoms with E-state index in [2.05, 4.69) is 42.7 Å². The molecule has 0 amide bonds. The van der Waals surface area contributed by atoms with Gasteiger partial charge in [0.2, 0.25) is 5.52 Å². The number of nitrogen functional groups attached to an aromatic ring is 1. The molecule has 0 aliphatic heterocycles. The van der Waals surface area contributed by atoms with E-state index in [0.29, 0.717) is 0 Å². The molecule has 0 bridgehead atoms. The van der Waals surface area contributed by atoms with E-state index in [-0.39, 0.29) is 17.0 Å². The van der Waals surface area contributed by atoms with E-state index in [0.717, 1.165) is 17.6 Å². The molecular weight excluding hydrogens is 276 g/mol. The van der Waals surface area contributed by atoms with Crippen molar-refractivity contribution in [3.63, 3.8) is 0 Å². The third-order valence-electron chi connectivity index (χ3n) is 3.03. The van der Waals surface area contributed by atoms with Gasteiger partial charge in [-0.1, -0.05) is 25.5 Å². The number of nitrogens with two attached hydrogens (primary N) is 1. The molecule has 0 fully saturated rings. The molecule has 1 aromatic carbocycles. The first-order valence-electron chi connectivity index (χ1n) is 5.91. The van der Waals surface area contributed by atoms with E-state index in [9.17, 15) is 0 Å². The molecule has 2 N–H and O–H groups in total. The lowest BCUT2D eigenvalue weighted by molar-refractivity contribution is -0.677. The number of aryl methyl sites for hydroxylation is 2. The van der Waals surface area contributed by atoms with Crippen LogP contribution in [-0.4, -0.2) is 0 Å². The summed E-state index contributed by atoms with van der Waals surface area (Å²) < 4.78 is 2.36. The first-order valence-corrected chi connectivity index (χ1v) is 5.91. The second-order valence-electron chi connectivity index (χ2n) is 4.26. The van der Waals surface area contributed by atoms with Crippen molar-refractivity contribution in [2.45, 2.75) is 33.2 Å². The van der Waals surface area contributed by atoms with Gasteiger partial charge in [0.05, 0.1) is 11.1 Å². The molecule has 2 nitrogen and oxygen atoms in total. The van der Waals surface area contributed by atoms with Crippen LogP contribution in [-0.2, 0) is 6.54 Å². The Bertz CT molecular complexity index is 509. The van der Waals surface area contributed by atoms with Crippen LogP contribution < -0.4 is 27.3 Å². The van der Waals surface area contributed by atoms with E-state index in [1.807, 2.05) is 6.07 Å². The zero-order valence-electron chi connectivity index (χ0n) is 10.4. The molecule has 0 saturated heterocycles. The maximum atomic E-state index is 6.04. The van der Waals surface area contributed by atoms with Crippen LogP contribution in [0.3, 0.4) is 0 Å². The largest absolute Gasteiger partial charge is 1.00 e. The van der Waals surface area contributed by atoms with E-state index in [4.69, 9.17) is 5.73 Å². The van der Waals surface area contributed by atoms with Gasteiger partial charge in [0, 0.05) is 25.5 Å². The van der Waals surface area contributed by atoms with Crippen molar-refractivity contribution in [1.29, 1.82) is 0 Å². The fourth-order valence-electron chi connectivity index (χ4n) is 2.14. The number of rotatable bonds is 3. The van der Waals surface area contributed by atoms with Crippen molar-refractivity contribution < 1.29 is 21.5 Å². The average Bonchev–Trinajstić information content (AvgIpc) is 2.29. The zero-order chi connectivity index (χ0) is 11.5.